The summed E-state index contributed by atoms with van der Waals surface area (Å²) in [6.45, 7) is 5.65. The molecule has 0 radical (unpaired) electrons. The summed E-state index contributed by atoms with van der Waals surface area (Å²) in [6.07, 6.45) is 1.28. The zero-order chi connectivity index (χ0) is 8.04. The lowest BCUT2D eigenvalue weighted by atomic mass is 10.3. The van der Waals surface area contributed by atoms with Crippen LogP contribution in [0, 0.1) is 0 Å². The Labute approximate surface area is 64.8 Å². The molecule has 2 nitrogen and oxygen atoms in total. The maximum atomic E-state index is 3.31. The SMILES string of the molecule is CCNCCC[N+](C)(C)C. The molecule has 0 amide bonds. The molecule has 0 spiro atoms. The van der Waals surface area contributed by atoms with Gasteiger partial charge in [-0.3, -0.25) is 0 Å². The standard InChI is InChI=1S/C8H21N2/c1-5-9-7-6-8-10(2,3)4/h9H,5-8H2,1-4H3/q+1. The first-order valence-corrected chi connectivity index (χ1v) is 4.07. The fraction of sp³-hybridized carbons (Fsp3) is 1.00. The molecule has 10 heavy (non-hydrogen) atoms. The molecule has 0 saturated heterocycles. The van der Waals surface area contributed by atoms with Crippen molar-refractivity contribution in [3.63, 3.8) is 0 Å². The zero-order valence-corrected chi connectivity index (χ0v) is 7.78. The highest BCUT2D eigenvalue weighted by Crippen LogP contribution is 1.91. The van der Waals surface area contributed by atoms with Crippen molar-refractivity contribution in [3.05, 3.63) is 0 Å². The molecule has 0 aromatic carbocycles. The van der Waals surface area contributed by atoms with Crippen LogP contribution in [0.3, 0.4) is 0 Å². The van der Waals surface area contributed by atoms with Gasteiger partial charge >= 0.3 is 0 Å². The number of nitrogens with zero attached hydrogens (tertiary/aromatic N) is 1. The minimum Gasteiger partial charge on any atom is -0.331 e. The van der Waals surface area contributed by atoms with E-state index in [1.165, 1.54) is 13.0 Å². The highest BCUT2D eigenvalue weighted by Gasteiger charge is 2.04. The Morgan fingerprint density at radius 1 is 1.20 bits per heavy atom. The molecule has 0 atom stereocenters. The van der Waals surface area contributed by atoms with E-state index in [4.69, 9.17) is 0 Å². The summed E-state index contributed by atoms with van der Waals surface area (Å²) in [5.41, 5.74) is 0. The van der Waals surface area contributed by atoms with Crippen molar-refractivity contribution in [2.24, 2.45) is 0 Å². The molecular formula is C8H21N2+. The average molecular weight is 145 g/mol. The molecule has 0 aromatic heterocycles. The van der Waals surface area contributed by atoms with Gasteiger partial charge in [0.1, 0.15) is 0 Å². The van der Waals surface area contributed by atoms with Crippen LogP contribution >= 0.6 is 0 Å². The Balaban J connectivity index is 3.04. The molecule has 0 aliphatic heterocycles. The number of hydrogen-bond acceptors (Lipinski definition) is 1. The minimum atomic E-state index is 1.07. The van der Waals surface area contributed by atoms with Crippen molar-refractivity contribution in [2.45, 2.75) is 13.3 Å². The third-order valence-electron chi connectivity index (χ3n) is 1.43. The molecule has 0 bridgehead atoms. The quantitative estimate of drug-likeness (QED) is 0.443. The first-order chi connectivity index (χ1) is 4.56. The lowest BCUT2D eigenvalue weighted by Gasteiger charge is -2.23. The van der Waals surface area contributed by atoms with Gasteiger partial charge < -0.3 is 9.80 Å². The van der Waals surface area contributed by atoms with E-state index in [9.17, 15) is 0 Å². The van der Waals surface area contributed by atoms with Gasteiger partial charge in [0, 0.05) is 13.0 Å². The maximum Gasteiger partial charge on any atom is 0.0792 e. The predicted octanol–water partition coefficient (Wildman–Crippen LogP) is 0.692. The van der Waals surface area contributed by atoms with Crippen molar-refractivity contribution in [1.82, 2.24) is 5.32 Å². The Morgan fingerprint density at radius 2 is 1.80 bits per heavy atom. The van der Waals surface area contributed by atoms with Gasteiger partial charge in [0.15, 0.2) is 0 Å². The lowest BCUT2D eigenvalue weighted by molar-refractivity contribution is -0.870. The van der Waals surface area contributed by atoms with Gasteiger partial charge in [-0.25, -0.2) is 0 Å². The fourth-order valence-corrected chi connectivity index (χ4v) is 0.855. The van der Waals surface area contributed by atoms with Crippen LogP contribution < -0.4 is 5.32 Å². The molecule has 0 rings (SSSR count). The Morgan fingerprint density at radius 3 is 2.20 bits per heavy atom. The predicted molar refractivity (Wildman–Crippen MR) is 46.1 cm³/mol. The van der Waals surface area contributed by atoms with Gasteiger partial charge in [-0.05, 0) is 6.54 Å². The summed E-state index contributed by atoms with van der Waals surface area (Å²) in [7, 11) is 6.68. The van der Waals surface area contributed by atoms with E-state index in [0.717, 1.165) is 17.6 Å². The molecule has 0 aliphatic carbocycles. The molecular weight excluding hydrogens is 124 g/mol. The van der Waals surface area contributed by atoms with Crippen LogP contribution in [0.4, 0.5) is 0 Å². The van der Waals surface area contributed by atoms with E-state index in [-0.39, 0.29) is 0 Å². The number of quaternary nitrogens is 1. The van der Waals surface area contributed by atoms with Crippen LogP contribution in [0.5, 0.6) is 0 Å². The Hall–Kier alpha value is -0.0800. The molecule has 2 heteroatoms. The highest BCUT2D eigenvalue weighted by molar-refractivity contribution is 4.41. The average Bonchev–Trinajstić information content (AvgIpc) is 1.78. The van der Waals surface area contributed by atoms with Crippen LogP contribution in [-0.4, -0.2) is 45.3 Å². The third kappa shape index (κ3) is 7.92. The summed E-state index contributed by atoms with van der Waals surface area (Å²) >= 11 is 0. The molecule has 1 N–H and O–H groups in total. The summed E-state index contributed by atoms with van der Waals surface area (Å²) in [6, 6.07) is 0. The van der Waals surface area contributed by atoms with Gasteiger partial charge in [0.25, 0.3) is 0 Å². The summed E-state index contributed by atoms with van der Waals surface area (Å²) < 4.78 is 1.07. The van der Waals surface area contributed by atoms with Gasteiger partial charge in [0.05, 0.1) is 27.7 Å². The van der Waals surface area contributed by atoms with Crippen molar-refractivity contribution >= 4 is 0 Å². The number of hydrogen-bond donors (Lipinski definition) is 1. The van der Waals surface area contributed by atoms with E-state index < -0.39 is 0 Å². The van der Waals surface area contributed by atoms with E-state index in [2.05, 4.69) is 33.4 Å². The van der Waals surface area contributed by atoms with Crippen LogP contribution in [0.25, 0.3) is 0 Å². The van der Waals surface area contributed by atoms with Gasteiger partial charge in [-0.1, -0.05) is 6.92 Å². The van der Waals surface area contributed by atoms with Crippen LogP contribution in [0.2, 0.25) is 0 Å². The monoisotopic (exact) mass is 145 g/mol. The van der Waals surface area contributed by atoms with Gasteiger partial charge in [-0.2, -0.15) is 0 Å². The lowest BCUT2D eigenvalue weighted by Crippen LogP contribution is -2.36. The third-order valence-corrected chi connectivity index (χ3v) is 1.43. The van der Waals surface area contributed by atoms with E-state index in [1.807, 2.05) is 0 Å². The van der Waals surface area contributed by atoms with E-state index in [0.29, 0.717) is 0 Å². The molecule has 0 aliphatic rings. The second-order valence-electron chi connectivity index (χ2n) is 3.72. The first-order valence-electron chi connectivity index (χ1n) is 4.07. The van der Waals surface area contributed by atoms with Crippen LogP contribution in [-0.2, 0) is 0 Å². The molecule has 0 fully saturated rings. The highest BCUT2D eigenvalue weighted by atomic mass is 15.3. The zero-order valence-electron chi connectivity index (χ0n) is 7.78. The van der Waals surface area contributed by atoms with E-state index in [1.54, 1.807) is 0 Å². The summed E-state index contributed by atoms with van der Waals surface area (Å²) in [5, 5.41) is 3.31. The largest absolute Gasteiger partial charge is 0.331 e. The maximum absolute atomic E-state index is 3.31. The number of nitrogens with one attached hydrogen (secondary N) is 1. The molecule has 0 aromatic rings. The molecule has 62 valence electrons. The minimum absolute atomic E-state index is 1.07. The molecule has 0 heterocycles. The van der Waals surface area contributed by atoms with Crippen LogP contribution in [0.1, 0.15) is 13.3 Å². The second kappa shape index (κ2) is 4.69. The van der Waals surface area contributed by atoms with Crippen LogP contribution in [0.15, 0.2) is 0 Å². The topological polar surface area (TPSA) is 12.0 Å². The molecule has 0 unspecified atom stereocenters. The van der Waals surface area contributed by atoms with Crippen molar-refractivity contribution < 1.29 is 4.48 Å². The van der Waals surface area contributed by atoms with Crippen molar-refractivity contribution in [3.8, 4) is 0 Å². The van der Waals surface area contributed by atoms with E-state index >= 15 is 0 Å². The smallest absolute Gasteiger partial charge is 0.0792 e. The Kier molecular flexibility index (Phi) is 4.65. The van der Waals surface area contributed by atoms with Gasteiger partial charge in [-0.15, -0.1) is 0 Å². The molecule has 0 saturated carbocycles. The van der Waals surface area contributed by atoms with Crippen molar-refractivity contribution in [2.75, 3.05) is 40.8 Å². The summed E-state index contributed by atoms with van der Waals surface area (Å²) in [4.78, 5) is 0. The second-order valence-corrected chi connectivity index (χ2v) is 3.72. The van der Waals surface area contributed by atoms with Crippen molar-refractivity contribution in [1.29, 1.82) is 0 Å². The number of rotatable bonds is 5. The normalized spacial score (nSPS) is 12.0. The first kappa shape index (κ1) is 9.92. The fourth-order valence-electron chi connectivity index (χ4n) is 0.855. The summed E-state index contributed by atoms with van der Waals surface area (Å²) in [5.74, 6) is 0. The Bertz CT molecular complexity index is 73.8. The van der Waals surface area contributed by atoms with Gasteiger partial charge in [0.2, 0.25) is 0 Å².